The van der Waals surface area contributed by atoms with Crippen molar-refractivity contribution in [3.05, 3.63) is 56.9 Å². The molecular weight excluding hydrogens is 510 g/mol. The molecule has 0 radical (unpaired) electrons. The van der Waals surface area contributed by atoms with E-state index in [1.54, 1.807) is 26.4 Å². The van der Waals surface area contributed by atoms with Crippen molar-refractivity contribution in [2.75, 3.05) is 40.5 Å². The zero-order valence-electron chi connectivity index (χ0n) is 18.4. The molecule has 7 heteroatoms. The van der Waals surface area contributed by atoms with Crippen LogP contribution in [-0.2, 0) is 11.3 Å². The molecule has 0 atom stereocenters. The largest absolute Gasteiger partial charge is 0.496 e. The van der Waals surface area contributed by atoms with E-state index in [0.29, 0.717) is 12.5 Å². The molecule has 0 spiro atoms. The monoisotopic (exact) mass is 540 g/mol. The Bertz CT molecular complexity index is 881. The van der Waals surface area contributed by atoms with Crippen molar-refractivity contribution in [2.24, 2.45) is 11.1 Å². The van der Waals surface area contributed by atoms with E-state index in [1.165, 1.54) is 12.1 Å². The quantitative estimate of drug-likeness (QED) is 0.251. The Morgan fingerprint density at radius 3 is 2.39 bits per heavy atom. The second-order valence-electron chi connectivity index (χ2n) is 7.57. The fourth-order valence-corrected chi connectivity index (χ4v) is 4.60. The Morgan fingerprint density at radius 1 is 1.10 bits per heavy atom. The average Bonchev–Trinajstić information content (AvgIpc) is 2.80. The molecule has 0 aromatic heterocycles. The molecule has 1 fully saturated rings. The van der Waals surface area contributed by atoms with E-state index in [-0.39, 0.29) is 5.82 Å². The lowest BCUT2D eigenvalue weighted by Gasteiger charge is -2.32. The number of piperidine rings is 1. The van der Waals surface area contributed by atoms with Crippen molar-refractivity contribution in [2.45, 2.75) is 26.2 Å². The number of methoxy groups -OCH3 is 2. The van der Waals surface area contributed by atoms with Crippen LogP contribution in [0.2, 0.25) is 0 Å². The fraction of sp³-hybridized carbons (Fsp3) is 0.458. The first-order valence-corrected chi connectivity index (χ1v) is 11.7. The minimum atomic E-state index is -0.239. The van der Waals surface area contributed by atoms with Gasteiger partial charge in [0.25, 0.3) is 0 Å². The summed E-state index contributed by atoms with van der Waals surface area (Å²) in [5.41, 5.74) is 3.02. The van der Waals surface area contributed by atoms with Crippen molar-refractivity contribution in [3.8, 4) is 11.5 Å². The van der Waals surface area contributed by atoms with Crippen LogP contribution in [0.25, 0.3) is 0 Å². The Hall–Kier alpha value is -1.87. The zero-order valence-corrected chi connectivity index (χ0v) is 20.5. The fourth-order valence-electron chi connectivity index (χ4n) is 3.95. The van der Waals surface area contributed by atoms with Crippen LogP contribution in [0.1, 0.15) is 30.9 Å². The SMILES string of the molecule is CCO/N=C(/c1ccc(F)cc1)C1CCN(CCc2cc(OC)c(I)cc2OC)CC1. The molecule has 0 N–H and O–H groups in total. The van der Waals surface area contributed by atoms with Crippen molar-refractivity contribution in [1.82, 2.24) is 4.90 Å². The highest BCUT2D eigenvalue weighted by molar-refractivity contribution is 14.1. The van der Waals surface area contributed by atoms with E-state index in [2.05, 4.69) is 38.7 Å². The summed E-state index contributed by atoms with van der Waals surface area (Å²) in [6, 6.07) is 10.6. The number of benzene rings is 2. The summed E-state index contributed by atoms with van der Waals surface area (Å²) in [6.07, 6.45) is 2.89. The van der Waals surface area contributed by atoms with E-state index in [9.17, 15) is 4.39 Å². The summed E-state index contributed by atoms with van der Waals surface area (Å²) in [7, 11) is 3.41. The molecule has 168 valence electrons. The Labute approximate surface area is 197 Å². The zero-order chi connectivity index (χ0) is 22.2. The van der Waals surface area contributed by atoms with Crippen LogP contribution in [0.5, 0.6) is 11.5 Å². The molecular formula is C24H30FIN2O3. The van der Waals surface area contributed by atoms with E-state index < -0.39 is 0 Å². The van der Waals surface area contributed by atoms with E-state index in [1.807, 2.05) is 13.0 Å². The summed E-state index contributed by atoms with van der Waals surface area (Å²) >= 11 is 2.26. The molecule has 3 rings (SSSR count). The average molecular weight is 540 g/mol. The molecule has 0 amide bonds. The van der Waals surface area contributed by atoms with Gasteiger partial charge in [-0.05, 0) is 97.3 Å². The molecule has 2 aromatic carbocycles. The minimum Gasteiger partial charge on any atom is -0.496 e. The van der Waals surface area contributed by atoms with Gasteiger partial charge in [-0.25, -0.2) is 4.39 Å². The summed E-state index contributed by atoms with van der Waals surface area (Å²) in [5.74, 6) is 1.85. The molecule has 0 aliphatic carbocycles. The number of halogens is 2. The van der Waals surface area contributed by atoms with Gasteiger partial charge in [0.15, 0.2) is 0 Å². The van der Waals surface area contributed by atoms with Gasteiger partial charge in [-0.2, -0.15) is 0 Å². The molecule has 0 bridgehead atoms. The van der Waals surface area contributed by atoms with Crippen LogP contribution in [-0.4, -0.2) is 51.1 Å². The van der Waals surface area contributed by atoms with Crippen molar-refractivity contribution in [3.63, 3.8) is 0 Å². The first-order chi connectivity index (χ1) is 15.0. The summed E-state index contributed by atoms with van der Waals surface area (Å²) in [5, 5.41) is 4.38. The maximum absolute atomic E-state index is 13.3. The van der Waals surface area contributed by atoms with Gasteiger partial charge in [0.1, 0.15) is 23.9 Å². The normalized spacial score (nSPS) is 15.7. The van der Waals surface area contributed by atoms with Gasteiger partial charge < -0.3 is 19.2 Å². The first kappa shape index (κ1) is 23.8. The molecule has 0 unspecified atom stereocenters. The molecule has 2 aromatic rings. The van der Waals surface area contributed by atoms with Crippen LogP contribution in [0, 0.1) is 15.3 Å². The molecule has 1 aliphatic heterocycles. The third-order valence-electron chi connectivity index (χ3n) is 5.66. The van der Waals surface area contributed by atoms with Gasteiger partial charge in [-0.3, -0.25) is 0 Å². The predicted octanol–water partition coefficient (Wildman–Crippen LogP) is 5.14. The van der Waals surface area contributed by atoms with Gasteiger partial charge in [0, 0.05) is 12.5 Å². The standard InChI is InChI=1S/C24H30FIN2O3/c1-4-31-27-24(17-5-7-20(25)8-6-17)18-9-12-28(13-10-18)14-11-19-15-23(30-3)21(26)16-22(19)29-2/h5-8,15-16,18H,4,9-14H2,1-3H3/b27-24-. The third kappa shape index (κ3) is 6.32. The molecule has 1 aliphatic rings. The number of nitrogens with zero attached hydrogens (tertiary/aromatic N) is 2. The minimum absolute atomic E-state index is 0.239. The van der Waals surface area contributed by atoms with Gasteiger partial charge >= 0.3 is 0 Å². The summed E-state index contributed by atoms with van der Waals surface area (Å²) < 4.78 is 25.4. The smallest absolute Gasteiger partial charge is 0.132 e. The van der Waals surface area contributed by atoms with E-state index >= 15 is 0 Å². The van der Waals surface area contributed by atoms with E-state index in [4.69, 9.17) is 14.3 Å². The molecule has 5 nitrogen and oxygen atoms in total. The number of hydrogen-bond acceptors (Lipinski definition) is 5. The van der Waals surface area contributed by atoms with Crippen LogP contribution in [0.15, 0.2) is 41.6 Å². The lowest BCUT2D eigenvalue weighted by molar-refractivity contribution is 0.153. The Balaban J connectivity index is 1.61. The van der Waals surface area contributed by atoms with Crippen LogP contribution >= 0.6 is 22.6 Å². The highest BCUT2D eigenvalue weighted by Crippen LogP contribution is 2.31. The molecule has 1 saturated heterocycles. The van der Waals surface area contributed by atoms with Crippen LogP contribution < -0.4 is 9.47 Å². The molecule has 31 heavy (non-hydrogen) atoms. The maximum Gasteiger partial charge on any atom is 0.132 e. The summed E-state index contributed by atoms with van der Waals surface area (Å²) in [4.78, 5) is 7.85. The number of oxime groups is 1. The predicted molar refractivity (Wildman–Crippen MR) is 130 cm³/mol. The Kier molecular flexibility index (Phi) is 8.95. The Morgan fingerprint density at radius 2 is 1.77 bits per heavy atom. The first-order valence-electron chi connectivity index (χ1n) is 10.6. The second-order valence-corrected chi connectivity index (χ2v) is 8.73. The number of hydrogen-bond donors (Lipinski definition) is 0. The van der Waals surface area contributed by atoms with Gasteiger partial charge in [-0.1, -0.05) is 17.3 Å². The van der Waals surface area contributed by atoms with Crippen LogP contribution in [0.4, 0.5) is 4.39 Å². The van der Waals surface area contributed by atoms with Gasteiger partial charge in [0.2, 0.25) is 0 Å². The number of ether oxygens (including phenoxy) is 2. The maximum atomic E-state index is 13.3. The van der Waals surface area contributed by atoms with E-state index in [0.717, 1.165) is 70.8 Å². The van der Waals surface area contributed by atoms with Gasteiger partial charge in [-0.15, -0.1) is 0 Å². The van der Waals surface area contributed by atoms with Gasteiger partial charge in [0.05, 0.1) is 23.5 Å². The lowest BCUT2D eigenvalue weighted by Crippen LogP contribution is -2.37. The van der Waals surface area contributed by atoms with Crippen molar-refractivity contribution < 1.29 is 18.7 Å². The molecule has 0 saturated carbocycles. The molecule has 1 heterocycles. The lowest BCUT2D eigenvalue weighted by atomic mass is 9.88. The topological polar surface area (TPSA) is 43.3 Å². The third-order valence-corrected chi connectivity index (χ3v) is 6.50. The van der Waals surface area contributed by atoms with Crippen molar-refractivity contribution in [1.29, 1.82) is 0 Å². The number of likely N-dealkylation sites (tertiary alicyclic amines) is 1. The second kappa shape index (κ2) is 11.7. The van der Waals surface area contributed by atoms with Crippen LogP contribution in [0.3, 0.4) is 0 Å². The highest BCUT2D eigenvalue weighted by Gasteiger charge is 2.25. The number of rotatable bonds is 9. The highest BCUT2D eigenvalue weighted by atomic mass is 127. The summed E-state index contributed by atoms with van der Waals surface area (Å²) in [6.45, 7) is 5.37. The van der Waals surface area contributed by atoms with Crippen molar-refractivity contribution >= 4 is 28.3 Å².